The third-order valence-electron chi connectivity index (χ3n) is 3.27. The van der Waals surface area contributed by atoms with Gasteiger partial charge in [-0.2, -0.15) is 0 Å². The minimum absolute atomic E-state index is 0.0160. The number of hydrogen-bond acceptors (Lipinski definition) is 5. The first-order chi connectivity index (χ1) is 11.6. The minimum Gasteiger partial charge on any atom is -0.481 e. The van der Waals surface area contributed by atoms with E-state index in [1.54, 1.807) is 30.3 Å². The lowest BCUT2D eigenvalue weighted by Gasteiger charge is -2.12. The van der Waals surface area contributed by atoms with Gasteiger partial charge in [0.25, 0.3) is 5.91 Å². The Balaban J connectivity index is 1.49. The van der Waals surface area contributed by atoms with Crippen molar-refractivity contribution in [1.82, 2.24) is 10.9 Å². The zero-order valence-corrected chi connectivity index (χ0v) is 12.7. The summed E-state index contributed by atoms with van der Waals surface area (Å²) in [6, 6.07) is 11.2. The molecule has 0 atom stereocenters. The molecule has 0 aliphatic carbocycles. The highest BCUT2D eigenvalue weighted by Gasteiger charge is 2.14. The molecule has 0 fully saturated rings. The van der Waals surface area contributed by atoms with E-state index in [1.165, 1.54) is 12.1 Å². The first-order valence-electron chi connectivity index (χ1n) is 7.14. The molecule has 7 heteroatoms. The van der Waals surface area contributed by atoms with Crippen LogP contribution in [-0.4, -0.2) is 19.3 Å². The summed E-state index contributed by atoms with van der Waals surface area (Å²) in [4.78, 5) is 11.7. The first kappa shape index (κ1) is 15.7. The summed E-state index contributed by atoms with van der Waals surface area (Å²) in [7, 11) is 0. The molecule has 0 saturated carbocycles. The van der Waals surface area contributed by atoms with E-state index in [1.807, 2.05) is 0 Å². The predicted molar refractivity (Wildman–Crippen MR) is 84.8 cm³/mol. The zero-order valence-electron chi connectivity index (χ0n) is 12.7. The summed E-state index contributed by atoms with van der Waals surface area (Å²) >= 11 is 0. The summed E-state index contributed by atoms with van der Waals surface area (Å²) in [5.74, 6) is 0.295. The number of carbonyl (C=O) groups excluding carboxylic acids is 1. The molecule has 1 amide bonds. The summed E-state index contributed by atoms with van der Waals surface area (Å²) in [6.07, 6.45) is 0. The highest BCUT2D eigenvalue weighted by molar-refractivity contribution is 5.78. The van der Waals surface area contributed by atoms with E-state index in [4.69, 9.17) is 14.2 Å². The maximum Gasteiger partial charge on any atom is 0.276 e. The minimum atomic E-state index is -0.525. The number of benzene rings is 2. The second kappa shape index (κ2) is 6.91. The van der Waals surface area contributed by atoms with Crippen molar-refractivity contribution in [2.45, 2.75) is 0 Å². The number of amides is 1. The van der Waals surface area contributed by atoms with Gasteiger partial charge in [0, 0.05) is 5.56 Å². The molecule has 0 radical (unpaired) electrons. The van der Waals surface area contributed by atoms with Gasteiger partial charge in [-0.1, -0.05) is 18.7 Å². The number of halogens is 1. The number of rotatable bonds is 6. The standard InChI is InChI=1S/C17H15FN2O4/c1-11(12-6-7-15-16(8-12)24-10-23-15)19-20-17(21)9-22-14-5-3-2-4-13(14)18/h2-8,19H,1,9-10H2,(H,20,21). The summed E-state index contributed by atoms with van der Waals surface area (Å²) in [6.45, 7) is 3.68. The van der Waals surface area contributed by atoms with Crippen LogP contribution in [0.2, 0.25) is 0 Å². The van der Waals surface area contributed by atoms with Gasteiger partial charge in [-0.3, -0.25) is 15.6 Å². The maximum absolute atomic E-state index is 13.4. The molecular weight excluding hydrogens is 315 g/mol. The van der Waals surface area contributed by atoms with Crippen LogP contribution in [0.15, 0.2) is 49.0 Å². The number of ether oxygens (including phenoxy) is 3. The van der Waals surface area contributed by atoms with E-state index in [-0.39, 0.29) is 19.1 Å². The smallest absolute Gasteiger partial charge is 0.276 e. The van der Waals surface area contributed by atoms with Crippen molar-refractivity contribution < 1.29 is 23.4 Å². The molecule has 6 nitrogen and oxygen atoms in total. The van der Waals surface area contributed by atoms with Gasteiger partial charge in [0.2, 0.25) is 6.79 Å². The number of carbonyl (C=O) groups is 1. The number of hydrazine groups is 1. The van der Waals surface area contributed by atoms with Crippen molar-refractivity contribution >= 4 is 11.6 Å². The van der Waals surface area contributed by atoms with E-state index in [0.717, 1.165) is 5.56 Å². The summed E-state index contributed by atoms with van der Waals surface area (Å²) in [5.41, 5.74) is 6.30. The molecule has 3 rings (SSSR count). The highest BCUT2D eigenvalue weighted by Crippen LogP contribution is 2.33. The fourth-order valence-corrected chi connectivity index (χ4v) is 2.04. The third-order valence-corrected chi connectivity index (χ3v) is 3.27. The van der Waals surface area contributed by atoms with Crippen LogP contribution in [0, 0.1) is 5.82 Å². The van der Waals surface area contributed by atoms with E-state index in [9.17, 15) is 9.18 Å². The fraction of sp³-hybridized carbons (Fsp3) is 0.118. The van der Waals surface area contributed by atoms with Gasteiger partial charge in [-0.25, -0.2) is 4.39 Å². The van der Waals surface area contributed by atoms with Crippen molar-refractivity contribution in [1.29, 1.82) is 0 Å². The van der Waals surface area contributed by atoms with Gasteiger partial charge in [-0.05, 0) is 30.3 Å². The van der Waals surface area contributed by atoms with Crippen LogP contribution in [0.3, 0.4) is 0 Å². The van der Waals surface area contributed by atoms with E-state index < -0.39 is 11.7 Å². The normalized spacial score (nSPS) is 11.7. The maximum atomic E-state index is 13.4. The van der Waals surface area contributed by atoms with E-state index in [0.29, 0.717) is 17.2 Å². The van der Waals surface area contributed by atoms with E-state index >= 15 is 0 Å². The van der Waals surface area contributed by atoms with Crippen molar-refractivity contribution in [3.05, 3.63) is 60.4 Å². The van der Waals surface area contributed by atoms with Crippen LogP contribution >= 0.6 is 0 Å². The molecule has 0 bridgehead atoms. The van der Waals surface area contributed by atoms with Gasteiger partial charge in [0.15, 0.2) is 29.7 Å². The fourth-order valence-electron chi connectivity index (χ4n) is 2.04. The molecular formula is C17H15FN2O4. The lowest BCUT2D eigenvalue weighted by Crippen LogP contribution is -2.39. The molecule has 1 aliphatic rings. The molecule has 2 aromatic rings. The molecule has 2 aromatic carbocycles. The zero-order chi connectivity index (χ0) is 16.9. The number of hydrogen-bond donors (Lipinski definition) is 2. The second-order valence-electron chi connectivity index (χ2n) is 4.94. The van der Waals surface area contributed by atoms with Gasteiger partial charge in [0.05, 0.1) is 5.70 Å². The number of para-hydroxylation sites is 1. The molecule has 0 unspecified atom stereocenters. The van der Waals surface area contributed by atoms with Crippen LogP contribution in [0.25, 0.3) is 5.70 Å². The first-order valence-corrected chi connectivity index (χ1v) is 7.14. The molecule has 1 heterocycles. The van der Waals surface area contributed by atoms with Crippen LogP contribution in [0.5, 0.6) is 17.2 Å². The molecule has 0 saturated heterocycles. The van der Waals surface area contributed by atoms with Crippen LogP contribution in [0.4, 0.5) is 4.39 Å². The Morgan fingerprint density at radius 1 is 1.17 bits per heavy atom. The Hall–Kier alpha value is -3.22. The Kier molecular flexibility index (Phi) is 4.51. The van der Waals surface area contributed by atoms with Crippen molar-refractivity contribution in [3.8, 4) is 17.2 Å². The van der Waals surface area contributed by atoms with Crippen molar-refractivity contribution in [2.75, 3.05) is 13.4 Å². The lowest BCUT2D eigenvalue weighted by molar-refractivity contribution is -0.123. The van der Waals surface area contributed by atoms with Gasteiger partial charge in [-0.15, -0.1) is 0 Å². The Labute approximate surface area is 137 Å². The number of fused-ring (bicyclic) bond motifs is 1. The number of nitrogens with one attached hydrogen (secondary N) is 2. The van der Waals surface area contributed by atoms with E-state index in [2.05, 4.69) is 17.4 Å². The second-order valence-corrected chi connectivity index (χ2v) is 4.94. The van der Waals surface area contributed by atoms with Crippen LogP contribution < -0.4 is 25.1 Å². The monoisotopic (exact) mass is 330 g/mol. The molecule has 0 spiro atoms. The van der Waals surface area contributed by atoms with Gasteiger partial charge in [0.1, 0.15) is 0 Å². The summed E-state index contributed by atoms with van der Waals surface area (Å²) in [5, 5.41) is 0. The predicted octanol–water partition coefficient (Wildman–Crippen LogP) is 2.22. The topological polar surface area (TPSA) is 68.8 Å². The van der Waals surface area contributed by atoms with Crippen molar-refractivity contribution in [2.24, 2.45) is 0 Å². The third kappa shape index (κ3) is 3.57. The largest absolute Gasteiger partial charge is 0.481 e. The van der Waals surface area contributed by atoms with Crippen molar-refractivity contribution in [3.63, 3.8) is 0 Å². The summed E-state index contributed by atoms with van der Waals surface area (Å²) < 4.78 is 29.0. The average molecular weight is 330 g/mol. The molecule has 2 N–H and O–H groups in total. The van der Waals surface area contributed by atoms with Gasteiger partial charge < -0.3 is 14.2 Å². The Morgan fingerprint density at radius 3 is 2.79 bits per heavy atom. The van der Waals surface area contributed by atoms with Gasteiger partial charge >= 0.3 is 0 Å². The lowest BCUT2D eigenvalue weighted by atomic mass is 10.1. The highest BCUT2D eigenvalue weighted by atomic mass is 19.1. The van der Waals surface area contributed by atoms with Crippen LogP contribution in [0.1, 0.15) is 5.56 Å². The molecule has 24 heavy (non-hydrogen) atoms. The molecule has 0 aromatic heterocycles. The molecule has 1 aliphatic heterocycles. The SMILES string of the molecule is C=C(NNC(=O)COc1ccccc1F)c1ccc2c(c1)OCO2. The Bertz CT molecular complexity index is 779. The Morgan fingerprint density at radius 2 is 1.96 bits per heavy atom. The quantitative estimate of drug-likeness (QED) is 0.795. The van der Waals surface area contributed by atoms with Crippen LogP contribution in [-0.2, 0) is 4.79 Å². The average Bonchev–Trinajstić information content (AvgIpc) is 3.06. The molecule has 124 valence electrons.